The average Bonchev–Trinajstić information content (AvgIpc) is 2.79. The number of ether oxygens (including phenoxy) is 1. The van der Waals surface area contributed by atoms with Gasteiger partial charge in [0.1, 0.15) is 0 Å². The minimum Gasteiger partial charge on any atom is -0.378 e. The monoisotopic (exact) mass is 285 g/mol. The molecule has 19 heavy (non-hydrogen) atoms. The third-order valence-corrected chi connectivity index (χ3v) is 4.82. The topological polar surface area (TPSA) is 37.4 Å². The Morgan fingerprint density at radius 3 is 2.58 bits per heavy atom. The van der Waals surface area contributed by atoms with Crippen LogP contribution in [-0.2, 0) is 17.9 Å². The van der Waals surface area contributed by atoms with Gasteiger partial charge in [0.25, 0.3) is 0 Å². The molecule has 0 saturated heterocycles. The first-order chi connectivity index (χ1) is 8.96. The molecule has 0 aromatic carbocycles. The van der Waals surface area contributed by atoms with Crippen LogP contribution in [-0.4, -0.2) is 31.2 Å². The Hall–Kier alpha value is -0.650. The third-order valence-electron chi connectivity index (χ3n) is 3.64. The van der Waals surface area contributed by atoms with Crippen molar-refractivity contribution in [1.82, 2.24) is 10.3 Å². The molecule has 0 fully saturated rings. The molecular weight excluding hydrogens is 258 g/mol. The number of methoxy groups -OCH3 is 1. The highest BCUT2D eigenvalue weighted by Crippen LogP contribution is 2.31. The van der Waals surface area contributed by atoms with E-state index in [0.29, 0.717) is 6.61 Å². The summed E-state index contributed by atoms with van der Waals surface area (Å²) in [6.45, 7) is 11.2. The lowest BCUT2D eigenvalue weighted by Crippen LogP contribution is -2.40. The number of hydrogen-bond donors (Lipinski definition) is 1. The zero-order valence-corrected chi connectivity index (χ0v) is 13.9. The molecule has 0 spiro atoms. The summed E-state index contributed by atoms with van der Waals surface area (Å²) < 4.78 is 5.25. The van der Waals surface area contributed by atoms with Gasteiger partial charge in [0.2, 0.25) is 0 Å². The van der Waals surface area contributed by atoms with Crippen LogP contribution in [0.3, 0.4) is 0 Å². The number of aromatic nitrogens is 1. The highest BCUT2D eigenvalue weighted by Gasteiger charge is 2.25. The van der Waals surface area contributed by atoms with Gasteiger partial charge in [0.15, 0.2) is 5.13 Å². The largest absolute Gasteiger partial charge is 0.378 e. The molecule has 0 aliphatic rings. The van der Waals surface area contributed by atoms with E-state index in [1.54, 1.807) is 18.4 Å². The van der Waals surface area contributed by atoms with Crippen LogP contribution in [0, 0.1) is 0 Å². The van der Waals surface area contributed by atoms with Crippen LogP contribution in [0.15, 0.2) is 0 Å². The van der Waals surface area contributed by atoms with Gasteiger partial charge in [-0.15, -0.1) is 11.3 Å². The normalized spacial score (nSPS) is 11.9. The lowest BCUT2D eigenvalue weighted by atomic mass is 10.0. The summed E-state index contributed by atoms with van der Waals surface area (Å²) in [6, 6.07) is 0. The molecule has 1 aromatic rings. The molecule has 5 heteroatoms. The fourth-order valence-corrected chi connectivity index (χ4v) is 2.79. The maximum Gasteiger partial charge on any atom is 0.186 e. The van der Waals surface area contributed by atoms with E-state index < -0.39 is 0 Å². The lowest BCUT2D eigenvalue weighted by molar-refractivity contribution is 0.181. The Labute approximate surface area is 121 Å². The quantitative estimate of drug-likeness (QED) is 0.796. The number of thiazole rings is 1. The van der Waals surface area contributed by atoms with E-state index in [2.05, 4.69) is 45.0 Å². The zero-order valence-electron chi connectivity index (χ0n) is 13.0. The van der Waals surface area contributed by atoms with Crippen LogP contribution in [0.2, 0.25) is 0 Å². The Morgan fingerprint density at radius 2 is 2.05 bits per heavy atom. The average molecular weight is 285 g/mol. The van der Waals surface area contributed by atoms with E-state index in [4.69, 9.17) is 9.72 Å². The van der Waals surface area contributed by atoms with Gasteiger partial charge < -0.3 is 15.0 Å². The first-order valence-corrected chi connectivity index (χ1v) is 7.70. The van der Waals surface area contributed by atoms with E-state index >= 15 is 0 Å². The summed E-state index contributed by atoms with van der Waals surface area (Å²) in [7, 11) is 3.84. The van der Waals surface area contributed by atoms with E-state index in [9.17, 15) is 0 Å². The second-order valence-corrected chi connectivity index (χ2v) is 6.37. The summed E-state index contributed by atoms with van der Waals surface area (Å²) in [5.74, 6) is 0. The lowest BCUT2D eigenvalue weighted by Gasteiger charge is -2.34. The Kier molecular flexibility index (Phi) is 6.23. The number of hydrogen-bond acceptors (Lipinski definition) is 5. The van der Waals surface area contributed by atoms with Gasteiger partial charge in [-0.2, -0.15) is 0 Å². The van der Waals surface area contributed by atoms with Crippen molar-refractivity contribution >= 4 is 16.5 Å². The summed E-state index contributed by atoms with van der Waals surface area (Å²) in [6.07, 6.45) is 1.09. The van der Waals surface area contributed by atoms with Gasteiger partial charge in [0, 0.05) is 31.1 Å². The summed E-state index contributed by atoms with van der Waals surface area (Å²) in [4.78, 5) is 8.29. The Balaban J connectivity index is 2.96. The van der Waals surface area contributed by atoms with Crippen LogP contribution >= 0.6 is 11.3 Å². The molecule has 1 rings (SSSR count). The van der Waals surface area contributed by atoms with Crippen molar-refractivity contribution in [3.63, 3.8) is 0 Å². The Bertz CT molecular complexity index is 390. The van der Waals surface area contributed by atoms with Gasteiger partial charge in [0.05, 0.1) is 12.3 Å². The fraction of sp³-hybridized carbons (Fsp3) is 0.786. The highest BCUT2D eigenvalue weighted by molar-refractivity contribution is 7.15. The molecule has 0 amide bonds. The molecule has 110 valence electrons. The molecule has 0 bridgehead atoms. The van der Waals surface area contributed by atoms with Crippen LogP contribution in [0.4, 0.5) is 5.13 Å². The van der Waals surface area contributed by atoms with Gasteiger partial charge in [-0.3, -0.25) is 0 Å². The molecule has 0 saturated carbocycles. The van der Waals surface area contributed by atoms with Crippen LogP contribution in [0.25, 0.3) is 0 Å². The maximum atomic E-state index is 5.25. The van der Waals surface area contributed by atoms with Crippen LogP contribution < -0.4 is 10.2 Å². The van der Waals surface area contributed by atoms with E-state index in [1.807, 2.05) is 0 Å². The minimum atomic E-state index is 0.123. The van der Waals surface area contributed by atoms with Crippen molar-refractivity contribution in [3.8, 4) is 0 Å². The smallest absolute Gasteiger partial charge is 0.186 e. The van der Waals surface area contributed by atoms with Crippen LogP contribution in [0.1, 0.15) is 44.7 Å². The predicted molar refractivity (Wildman–Crippen MR) is 83.0 cm³/mol. The minimum absolute atomic E-state index is 0.123. The van der Waals surface area contributed by atoms with Crippen molar-refractivity contribution < 1.29 is 4.74 Å². The predicted octanol–water partition coefficient (Wildman–Crippen LogP) is 3.02. The third kappa shape index (κ3) is 4.16. The highest BCUT2D eigenvalue weighted by atomic mass is 32.1. The van der Waals surface area contributed by atoms with Crippen molar-refractivity contribution in [2.24, 2.45) is 0 Å². The number of rotatable bonds is 8. The maximum absolute atomic E-state index is 5.25. The molecule has 0 aliphatic carbocycles. The first kappa shape index (κ1) is 16.4. The van der Waals surface area contributed by atoms with E-state index in [0.717, 1.165) is 30.3 Å². The molecule has 4 nitrogen and oxygen atoms in total. The summed E-state index contributed by atoms with van der Waals surface area (Å²) >= 11 is 1.76. The van der Waals surface area contributed by atoms with E-state index in [1.165, 1.54) is 4.88 Å². The number of nitrogens with one attached hydrogen (secondary N) is 1. The summed E-state index contributed by atoms with van der Waals surface area (Å²) in [5, 5.41) is 4.44. The molecule has 1 heterocycles. The Morgan fingerprint density at radius 1 is 1.37 bits per heavy atom. The molecule has 0 atom stereocenters. The molecule has 0 unspecified atom stereocenters. The second-order valence-electron chi connectivity index (χ2n) is 5.30. The fourth-order valence-electron chi connectivity index (χ4n) is 1.64. The SMILES string of the molecule is CCNCc1sc(N(C)C(C)(C)CC)nc1COC. The van der Waals surface area contributed by atoms with Gasteiger partial charge in [-0.05, 0) is 26.8 Å². The van der Waals surface area contributed by atoms with Crippen molar-refractivity contribution in [1.29, 1.82) is 0 Å². The molecule has 1 N–H and O–H groups in total. The first-order valence-electron chi connectivity index (χ1n) is 6.88. The number of anilines is 1. The van der Waals surface area contributed by atoms with Crippen LogP contribution in [0.5, 0.6) is 0 Å². The van der Waals surface area contributed by atoms with Gasteiger partial charge >= 0.3 is 0 Å². The van der Waals surface area contributed by atoms with Crippen molar-refractivity contribution in [2.75, 3.05) is 25.6 Å². The molecular formula is C14H27N3OS. The zero-order chi connectivity index (χ0) is 14.5. The van der Waals surface area contributed by atoms with E-state index in [-0.39, 0.29) is 5.54 Å². The second kappa shape index (κ2) is 7.22. The van der Waals surface area contributed by atoms with Gasteiger partial charge in [-0.1, -0.05) is 13.8 Å². The van der Waals surface area contributed by atoms with Gasteiger partial charge in [-0.25, -0.2) is 4.98 Å². The van der Waals surface area contributed by atoms with Crippen molar-refractivity contribution in [2.45, 2.75) is 52.8 Å². The number of nitrogens with zero attached hydrogens (tertiary/aromatic N) is 2. The standard InChI is InChI=1S/C14H27N3OS/c1-7-14(3,4)17(5)13-16-11(10-18-6)12(19-13)9-15-8-2/h15H,7-10H2,1-6H3. The molecule has 0 radical (unpaired) electrons. The van der Waals surface area contributed by atoms with Crippen molar-refractivity contribution in [3.05, 3.63) is 10.6 Å². The molecule has 0 aliphatic heterocycles. The molecule has 1 aromatic heterocycles. The summed E-state index contributed by atoms with van der Waals surface area (Å²) in [5.41, 5.74) is 1.18.